The Morgan fingerprint density at radius 3 is 1.48 bits per heavy atom. The fourth-order valence-corrected chi connectivity index (χ4v) is 7.95. The quantitative estimate of drug-likeness (QED) is 0.0322. The first-order chi connectivity index (χ1) is 27.7. The highest BCUT2D eigenvalue weighted by molar-refractivity contribution is 6.14. The summed E-state index contributed by atoms with van der Waals surface area (Å²) < 4.78 is 0. The molecule has 11 nitrogen and oxygen atoms in total. The van der Waals surface area contributed by atoms with Gasteiger partial charge in [-0.25, -0.2) is 0 Å². The van der Waals surface area contributed by atoms with Gasteiger partial charge >= 0.3 is 0 Å². The first-order valence-corrected chi connectivity index (χ1v) is 19.4. The lowest BCUT2D eigenvalue weighted by Crippen LogP contribution is -2.14. The van der Waals surface area contributed by atoms with E-state index in [0.717, 1.165) is 11.1 Å². The molecule has 0 heterocycles. The topological polar surface area (TPSA) is 199 Å². The molecule has 6 rings (SSSR count). The predicted octanol–water partition coefficient (Wildman–Crippen LogP) is 9.47. The SMILES string of the molecule is Cc1cc2c(C(C)C)c(O)c(O)c(C=N[C@H](CO)Cc3ccccc3)c2c(O)c1-c1c(C)cc2c(C(C)C)c(O)c(O)c(N=N[C@H](CO)Cc3ccccc3)c2c1O. The van der Waals surface area contributed by atoms with Gasteiger partial charge in [-0.2, -0.15) is 10.2 Å². The van der Waals surface area contributed by atoms with Crippen molar-refractivity contribution in [3.05, 3.63) is 112 Å². The van der Waals surface area contributed by atoms with Crippen LogP contribution in [-0.2, 0) is 12.8 Å². The van der Waals surface area contributed by atoms with Gasteiger partial charge in [-0.05, 0) is 71.6 Å². The molecule has 0 amide bonds. The third-order valence-corrected chi connectivity index (χ3v) is 10.7. The number of rotatable bonds is 13. The van der Waals surface area contributed by atoms with E-state index >= 15 is 0 Å². The number of azo groups is 1. The van der Waals surface area contributed by atoms with Crippen LogP contribution >= 0.6 is 0 Å². The van der Waals surface area contributed by atoms with Gasteiger partial charge in [-0.15, -0.1) is 0 Å². The van der Waals surface area contributed by atoms with Crippen molar-refractivity contribution in [3.8, 4) is 45.6 Å². The summed E-state index contributed by atoms with van der Waals surface area (Å²) in [5.74, 6) is -3.13. The Hall–Kier alpha value is -6.17. The van der Waals surface area contributed by atoms with Gasteiger partial charge in [0, 0.05) is 39.4 Å². The highest BCUT2D eigenvalue weighted by Gasteiger charge is 2.30. The number of phenolic OH excluding ortho intramolecular Hbond substituents is 6. The summed E-state index contributed by atoms with van der Waals surface area (Å²) in [6.45, 7) is 10.2. The second kappa shape index (κ2) is 17.1. The van der Waals surface area contributed by atoms with E-state index < -0.39 is 29.3 Å². The number of aliphatic hydroxyl groups excluding tert-OH is 2. The average Bonchev–Trinajstić information content (AvgIpc) is 3.19. The van der Waals surface area contributed by atoms with Crippen molar-refractivity contribution in [1.82, 2.24) is 0 Å². The summed E-state index contributed by atoms with van der Waals surface area (Å²) in [4.78, 5) is 4.60. The summed E-state index contributed by atoms with van der Waals surface area (Å²) in [7, 11) is 0. The maximum absolute atomic E-state index is 12.4. The van der Waals surface area contributed by atoms with E-state index in [1.54, 1.807) is 26.0 Å². The first kappa shape index (κ1) is 41.5. The highest BCUT2D eigenvalue weighted by atomic mass is 16.3. The van der Waals surface area contributed by atoms with Crippen molar-refractivity contribution in [3.63, 3.8) is 0 Å². The monoisotopic (exact) mass is 785 g/mol. The molecule has 6 aromatic rings. The van der Waals surface area contributed by atoms with Crippen molar-refractivity contribution in [2.24, 2.45) is 15.2 Å². The zero-order valence-electron chi connectivity index (χ0n) is 33.6. The number of hydrogen-bond acceptors (Lipinski definition) is 11. The Morgan fingerprint density at radius 1 is 0.552 bits per heavy atom. The fourth-order valence-electron chi connectivity index (χ4n) is 7.95. The molecule has 0 radical (unpaired) electrons. The van der Waals surface area contributed by atoms with E-state index in [1.165, 1.54) is 6.21 Å². The number of hydrogen-bond donors (Lipinski definition) is 8. The van der Waals surface area contributed by atoms with Crippen molar-refractivity contribution in [2.75, 3.05) is 13.2 Å². The third kappa shape index (κ3) is 7.75. The van der Waals surface area contributed by atoms with Gasteiger partial charge in [0.15, 0.2) is 23.0 Å². The largest absolute Gasteiger partial charge is 0.507 e. The zero-order valence-corrected chi connectivity index (χ0v) is 33.6. The van der Waals surface area contributed by atoms with E-state index in [1.807, 2.05) is 88.4 Å². The number of aliphatic hydroxyl groups is 2. The Balaban J connectivity index is 1.63. The van der Waals surface area contributed by atoms with Gasteiger partial charge in [-0.3, -0.25) is 4.99 Å². The molecule has 0 saturated heterocycles. The molecular formula is C47H51N3O8. The van der Waals surface area contributed by atoms with Crippen LogP contribution in [0.2, 0.25) is 0 Å². The number of phenols is 6. The molecule has 0 aliphatic heterocycles. The molecule has 0 aromatic heterocycles. The molecule has 58 heavy (non-hydrogen) atoms. The van der Waals surface area contributed by atoms with E-state index in [-0.39, 0.29) is 75.4 Å². The van der Waals surface area contributed by atoms with E-state index in [9.17, 15) is 40.9 Å². The third-order valence-electron chi connectivity index (χ3n) is 10.7. The van der Waals surface area contributed by atoms with Crippen molar-refractivity contribution >= 4 is 33.4 Å². The summed E-state index contributed by atoms with van der Waals surface area (Å²) >= 11 is 0. The number of aliphatic imine (C=N–C) groups is 1. The lowest BCUT2D eigenvalue weighted by atomic mass is 9.83. The van der Waals surface area contributed by atoms with Crippen LogP contribution in [0.3, 0.4) is 0 Å². The van der Waals surface area contributed by atoms with Crippen LogP contribution in [0.4, 0.5) is 5.69 Å². The minimum Gasteiger partial charge on any atom is -0.507 e. The van der Waals surface area contributed by atoms with Crippen LogP contribution in [0, 0.1) is 13.8 Å². The lowest BCUT2D eigenvalue weighted by molar-refractivity contribution is 0.262. The molecule has 0 bridgehead atoms. The van der Waals surface area contributed by atoms with Gasteiger partial charge in [0.1, 0.15) is 17.2 Å². The summed E-state index contributed by atoms with van der Waals surface area (Å²) in [6.07, 6.45) is 2.08. The number of fused-ring (bicyclic) bond motifs is 2. The maximum Gasteiger partial charge on any atom is 0.186 e. The molecule has 8 N–H and O–H groups in total. The Morgan fingerprint density at radius 2 is 1.00 bits per heavy atom. The van der Waals surface area contributed by atoms with Gasteiger partial charge in [-0.1, -0.05) is 100 Å². The van der Waals surface area contributed by atoms with Gasteiger partial charge < -0.3 is 40.9 Å². The van der Waals surface area contributed by atoms with Crippen LogP contribution in [0.15, 0.2) is 88.0 Å². The molecule has 0 aliphatic rings. The van der Waals surface area contributed by atoms with Crippen molar-refractivity contribution in [2.45, 2.75) is 78.3 Å². The first-order valence-electron chi connectivity index (χ1n) is 19.4. The standard InChI is InChI=1S/C47H51N3O8/c1-24(2)35-32-17-26(5)37(43(54)39(32)34(42(53)45(35)56)21-48-30(22-51)19-28-13-9-7-10-14-28)38-27(6)18-33-36(25(3)4)46(57)47(58)41(40(33)44(38)55)50-49-31(23-52)20-29-15-11-8-12-16-29/h7-18,21,24-25,30-31,51-58H,19-20,22-23H2,1-6H3/t30-,31-/m0/s1. The van der Waals surface area contributed by atoms with Crippen molar-refractivity contribution < 1.29 is 40.9 Å². The van der Waals surface area contributed by atoms with Gasteiger partial charge in [0.25, 0.3) is 0 Å². The molecule has 11 heteroatoms. The fraction of sp³-hybridized carbons (Fsp3) is 0.298. The summed E-state index contributed by atoms with van der Waals surface area (Å²) in [5.41, 5.74) is 3.86. The zero-order chi connectivity index (χ0) is 42.0. The Bertz CT molecular complexity index is 2360. The van der Waals surface area contributed by atoms with Crippen LogP contribution in [0.25, 0.3) is 32.7 Å². The molecule has 2 atom stereocenters. The number of aromatic hydroxyl groups is 6. The molecule has 0 fully saturated rings. The van der Waals surface area contributed by atoms with E-state index in [4.69, 9.17) is 0 Å². The van der Waals surface area contributed by atoms with Crippen LogP contribution in [0.1, 0.15) is 78.5 Å². The highest BCUT2D eigenvalue weighted by Crippen LogP contribution is 2.56. The smallest absolute Gasteiger partial charge is 0.186 e. The Labute approximate surface area is 337 Å². The number of nitrogens with zero attached hydrogens (tertiary/aromatic N) is 3. The second-order valence-electron chi connectivity index (χ2n) is 15.5. The second-order valence-corrected chi connectivity index (χ2v) is 15.5. The van der Waals surface area contributed by atoms with Gasteiger partial charge in [0.2, 0.25) is 0 Å². The minimum atomic E-state index is -0.708. The van der Waals surface area contributed by atoms with Gasteiger partial charge in [0.05, 0.1) is 30.7 Å². The molecule has 302 valence electrons. The Kier molecular flexibility index (Phi) is 12.2. The number of benzene rings is 6. The maximum atomic E-state index is 12.4. The summed E-state index contributed by atoms with van der Waals surface area (Å²) in [5, 5.41) is 101. The molecule has 0 aliphatic carbocycles. The average molecular weight is 786 g/mol. The lowest BCUT2D eigenvalue weighted by Gasteiger charge is -2.23. The molecule has 6 aromatic carbocycles. The molecular weight excluding hydrogens is 735 g/mol. The van der Waals surface area contributed by atoms with Crippen molar-refractivity contribution in [1.29, 1.82) is 0 Å². The predicted molar refractivity (Wildman–Crippen MR) is 229 cm³/mol. The molecule has 0 unspecified atom stereocenters. The molecule has 0 saturated carbocycles. The van der Waals surface area contributed by atoms with Crippen LogP contribution in [0.5, 0.6) is 34.5 Å². The minimum absolute atomic E-state index is 0.0210. The van der Waals surface area contributed by atoms with E-state index in [2.05, 4.69) is 15.2 Å². The van der Waals surface area contributed by atoms with Crippen LogP contribution < -0.4 is 0 Å². The normalized spacial score (nSPS) is 13.2. The molecule has 0 spiro atoms. The number of aryl methyl sites for hydroxylation is 2. The summed E-state index contributed by atoms with van der Waals surface area (Å²) in [6, 6.07) is 21.1. The van der Waals surface area contributed by atoms with E-state index in [0.29, 0.717) is 45.9 Å². The van der Waals surface area contributed by atoms with Crippen LogP contribution in [-0.4, -0.2) is 72.4 Å².